The van der Waals surface area contributed by atoms with Crippen molar-refractivity contribution in [2.45, 2.75) is 0 Å². The maximum atomic E-state index is 12.4. The molecule has 2 aromatic rings. The molecule has 4 nitrogen and oxygen atoms in total. The number of hydrogen-bond acceptors (Lipinski definition) is 2. The summed E-state index contributed by atoms with van der Waals surface area (Å²) in [5.41, 5.74) is 3.69. The predicted molar refractivity (Wildman–Crippen MR) is 86.5 cm³/mol. The first-order valence-corrected chi connectivity index (χ1v) is 7.19. The van der Waals surface area contributed by atoms with E-state index >= 15 is 0 Å². The van der Waals surface area contributed by atoms with Crippen LogP contribution in [0.25, 0.3) is 6.08 Å². The van der Waals surface area contributed by atoms with E-state index in [9.17, 15) is 9.59 Å². The summed E-state index contributed by atoms with van der Waals surface area (Å²) in [6.45, 7) is 0. The van der Waals surface area contributed by atoms with Crippen LogP contribution in [0.15, 0.2) is 54.1 Å². The fourth-order valence-corrected chi connectivity index (χ4v) is 2.55. The lowest BCUT2D eigenvalue weighted by molar-refractivity contribution is -0.117. The first-order valence-electron chi connectivity index (χ1n) is 6.43. The van der Waals surface area contributed by atoms with Gasteiger partial charge in [0.25, 0.3) is 11.8 Å². The van der Waals surface area contributed by atoms with Crippen molar-refractivity contribution in [3.8, 4) is 0 Å². The highest BCUT2D eigenvalue weighted by Gasteiger charge is 2.34. The van der Waals surface area contributed by atoms with Crippen LogP contribution in [-0.2, 0) is 9.59 Å². The van der Waals surface area contributed by atoms with E-state index in [0.717, 1.165) is 0 Å². The summed E-state index contributed by atoms with van der Waals surface area (Å²) in [6, 6.07) is 13.7. The molecule has 1 saturated heterocycles. The second-order valence-electron chi connectivity index (χ2n) is 4.64. The molecule has 1 N–H and O–H groups in total. The fourth-order valence-electron chi connectivity index (χ4n) is 2.09. The number of halogens is 2. The quantitative estimate of drug-likeness (QED) is 0.676. The zero-order chi connectivity index (χ0) is 15.7. The number of nitrogens with one attached hydrogen (secondary N) is 1. The van der Waals surface area contributed by atoms with Crippen molar-refractivity contribution < 1.29 is 9.59 Å². The van der Waals surface area contributed by atoms with Gasteiger partial charge in [0.2, 0.25) is 0 Å². The average Bonchev–Trinajstić information content (AvgIpc) is 2.79. The summed E-state index contributed by atoms with van der Waals surface area (Å²) < 4.78 is 0. The summed E-state index contributed by atoms with van der Waals surface area (Å²) in [5.74, 6) is -0.901. The summed E-state index contributed by atoms with van der Waals surface area (Å²) in [4.78, 5) is 24.4. The fraction of sp³-hybridized carbons (Fsp3) is 0. The number of anilines is 1. The van der Waals surface area contributed by atoms with Crippen LogP contribution >= 0.6 is 23.2 Å². The van der Waals surface area contributed by atoms with Crippen molar-refractivity contribution in [2.75, 3.05) is 5.01 Å². The summed E-state index contributed by atoms with van der Waals surface area (Å²) in [7, 11) is 0. The maximum Gasteiger partial charge on any atom is 0.282 e. The molecule has 0 atom stereocenters. The molecule has 1 aliphatic heterocycles. The van der Waals surface area contributed by atoms with Gasteiger partial charge in [-0.2, -0.15) is 0 Å². The molecule has 22 heavy (non-hydrogen) atoms. The molecular formula is C16H10Cl2N2O2. The molecule has 0 radical (unpaired) electrons. The maximum absolute atomic E-state index is 12.4. The van der Waals surface area contributed by atoms with Gasteiger partial charge in [-0.3, -0.25) is 15.0 Å². The number of carbonyl (C=O) groups excluding carboxylic acids is 2. The molecule has 0 unspecified atom stereocenters. The Labute approximate surface area is 136 Å². The topological polar surface area (TPSA) is 49.4 Å². The lowest BCUT2D eigenvalue weighted by Crippen LogP contribution is -2.35. The number of hydrogen-bond donors (Lipinski definition) is 1. The minimum absolute atomic E-state index is 0.0214. The Bertz CT molecular complexity index is 788. The predicted octanol–water partition coefficient (Wildman–Crippen LogP) is 3.45. The van der Waals surface area contributed by atoms with Crippen molar-refractivity contribution >= 4 is 46.8 Å². The second-order valence-corrected chi connectivity index (χ2v) is 5.48. The van der Waals surface area contributed by atoms with Crippen LogP contribution in [0.4, 0.5) is 5.69 Å². The highest BCUT2D eigenvalue weighted by molar-refractivity contribution is 6.36. The van der Waals surface area contributed by atoms with Crippen molar-refractivity contribution in [3.05, 3.63) is 69.7 Å². The van der Waals surface area contributed by atoms with Crippen LogP contribution in [0.1, 0.15) is 5.56 Å². The Kier molecular flexibility index (Phi) is 3.88. The number of amides is 2. The molecule has 2 amide bonds. The molecule has 1 aliphatic rings. The normalized spacial score (nSPS) is 16.3. The van der Waals surface area contributed by atoms with E-state index in [1.165, 1.54) is 11.1 Å². The SMILES string of the molecule is O=C1NN(c2ccccc2)C(=O)C1=Cc1ccc(Cl)cc1Cl. The van der Waals surface area contributed by atoms with Crippen LogP contribution in [0, 0.1) is 0 Å². The van der Waals surface area contributed by atoms with Gasteiger partial charge in [-0.25, -0.2) is 5.01 Å². The van der Waals surface area contributed by atoms with Crippen LogP contribution < -0.4 is 10.4 Å². The highest BCUT2D eigenvalue weighted by atomic mass is 35.5. The third-order valence-electron chi connectivity index (χ3n) is 3.17. The smallest absolute Gasteiger partial charge is 0.267 e. The number of para-hydroxylation sites is 1. The number of hydrazine groups is 1. The van der Waals surface area contributed by atoms with Crippen LogP contribution in [0.2, 0.25) is 10.0 Å². The number of benzene rings is 2. The molecule has 0 aliphatic carbocycles. The van der Waals surface area contributed by atoms with E-state index in [4.69, 9.17) is 23.2 Å². The van der Waals surface area contributed by atoms with Gasteiger partial charge in [0, 0.05) is 10.0 Å². The van der Waals surface area contributed by atoms with E-state index < -0.39 is 11.8 Å². The van der Waals surface area contributed by atoms with Gasteiger partial charge in [-0.1, -0.05) is 47.5 Å². The van der Waals surface area contributed by atoms with E-state index in [2.05, 4.69) is 5.43 Å². The molecule has 0 saturated carbocycles. The van der Waals surface area contributed by atoms with Gasteiger partial charge in [0.15, 0.2) is 0 Å². The zero-order valence-electron chi connectivity index (χ0n) is 11.2. The molecule has 110 valence electrons. The Morgan fingerprint density at radius 1 is 1.00 bits per heavy atom. The number of rotatable bonds is 2. The van der Waals surface area contributed by atoms with E-state index in [1.54, 1.807) is 42.5 Å². The molecule has 6 heteroatoms. The Balaban J connectivity index is 1.96. The van der Waals surface area contributed by atoms with Crippen LogP contribution in [-0.4, -0.2) is 11.8 Å². The van der Waals surface area contributed by atoms with Crippen molar-refractivity contribution in [1.29, 1.82) is 0 Å². The van der Waals surface area contributed by atoms with Gasteiger partial charge in [-0.15, -0.1) is 0 Å². The molecular weight excluding hydrogens is 323 g/mol. The van der Waals surface area contributed by atoms with Gasteiger partial charge in [-0.05, 0) is 35.9 Å². The number of carbonyl (C=O) groups is 2. The molecule has 1 heterocycles. The molecule has 0 aromatic heterocycles. The van der Waals surface area contributed by atoms with Crippen LogP contribution in [0.5, 0.6) is 0 Å². The monoisotopic (exact) mass is 332 g/mol. The summed E-state index contributed by atoms with van der Waals surface area (Å²) in [6.07, 6.45) is 1.46. The molecule has 3 rings (SSSR count). The number of nitrogens with zero attached hydrogens (tertiary/aromatic N) is 1. The lowest BCUT2D eigenvalue weighted by Gasteiger charge is -2.13. The Morgan fingerprint density at radius 2 is 1.73 bits per heavy atom. The Hall–Kier alpha value is -2.30. The molecule has 1 fully saturated rings. The van der Waals surface area contributed by atoms with Gasteiger partial charge in [0.05, 0.1) is 5.69 Å². The zero-order valence-corrected chi connectivity index (χ0v) is 12.7. The van der Waals surface area contributed by atoms with Crippen molar-refractivity contribution in [1.82, 2.24) is 5.43 Å². The van der Waals surface area contributed by atoms with Gasteiger partial charge >= 0.3 is 0 Å². The van der Waals surface area contributed by atoms with Gasteiger partial charge in [0.1, 0.15) is 5.57 Å². The van der Waals surface area contributed by atoms with E-state index in [0.29, 0.717) is 21.3 Å². The summed E-state index contributed by atoms with van der Waals surface area (Å²) in [5, 5.41) is 2.07. The molecule has 0 spiro atoms. The average molecular weight is 333 g/mol. The third kappa shape index (κ3) is 2.71. The first kappa shape index (κ1) is 14.6. The Morgan fingerprint density at radius 3 is 2.41 bits per heavy atom. The molecule has 2 aromatic carbocycles. The largest absolute Gasteiger partial charge is 0.282 e. The summed E-state index contributed by atoms with van der Waals surface area (Å²) >= 11 is 11.9. The standard InChI is InChI=1S/C16H10Cl2N2O2/c17-11-7-6-10(14(18)9-11)8-13-15(21)19-20(16(13)22)12-4-2-1-3-5-12/h1-9H,(H,19,21). The van der Waals surface area contributed by atoms with E-state index in [1.807, 2.05) is 6.07 Å². The van der Waals surface area contributed by atoms with Gasteiger partial charge < -0.3 is 0 Å². The minimum Gasteiger partial charge on any atom is -0.267 e. The van der Waals surface area contributed by atoms with Crippen molar-refractivity contribution in [2.24, 2.45) is 0 Å². The minimum atomic E-state index is -0.472. The first-order chi connectivity index (χ1) is 10.6. The third-order valence-corrected chi connectivity index (χ3v) is 3.73. The highest BCUT2D eigenvalue weighted by Crippen LogP contribution is 2.26. The van der Waals surface area contributed by atoms with E-state index in [-0.39, 0.29) is 5.57 Å². The van der Waals surface area contributed by atoms with Crippen LogP contribution in [0.3, 0.4) is 0 Å². The lowest BCUT2D eigenvalue weighted by atomic mass is 10.1. The second kappa shape index (κ2) is 5.83. The molecule has 0 bridgehead atoms. The van der Waals surface area contributed by atoms with Crippen molar-refractivity contribution in [3.63, 3.8) is 0 Å².